The lowest BCUT2D eigenvalue weighted by Crippen LogP contribution is -2.26. The highest BCUT2D eigenvalue weighted by molar-refractivity contribution is 7.14. The van der Waals surface area contributed by atoms with Gasteiger partial charge in [-0.15, -0.1) is 11.3 Å². The van der Waals surface area contributed by atoms with Crippen LogP contribution >= 0.6 is 11.3 Å². The van der Waals surface area contributed by atoms with Gasteiger partial charge in [-0.2, -0.15) is 0 Å². The topological polar surface area (TPSA) is 91.6 Å². The number of fused-ring (bicyclic) bond motifs is 1. The van der Waals surface area contributed by atoms with Crippen molar-refractivity contribution in [2.75, 3.05) is 0 Å². The number of carbonyl (C=O) groups is 2. The van der Waals surface area contributed by atoms with Crippen LogP contribution in [0.3, 0.4) is 0 Å². The number of amides is 2. The summed E-state index contributed by atoms with van der Waals surface area (Å²) in [5.41, 5.74) is 3.06. The molecule has 0 saturated carbocycles. The van der Waals surface area contributed by atoms with Crippen molar-refractivity contribution in [2.24, 2.45) is 0 Å². The van der Waals surface area contributed by atoms with E-state index >= 15 is 0 Å². The highest BCUT2D eigenvalue weighted by Crippen LogP contribution is 2.27. The minimum atomic E-state index is -0.571. The Kier molecular flexibility index (Phi) is 4.37. The van der Waals surface area contributed by atoms with Gasteiger partial charge < -0.3 is 9.73 Å². The van der Waals surface area contributed by atoms with E-state index in [1.807, 2.05) is 38.1 Å². The van der Waals surface area contributed by atoms with Crippen molar-refractivity contribution >= 4 is 34.1 Å². The minimum absolute atomic E-state index is 0.285. The molecule has 0 aliphatic rings. The zero-order valence-electron chi connectivity index (χ0n) is 13.1. The molecule has 6 nitrogen and oxygen atoms in total. The molecule has 7 heteroatoms. The van der Waals surface area contributed by atoms with Crippen LogP contribution in [0.2, 0.25) is 0 Å². The summed E-state index contributed by atoms with van der Waals surface area (Å²) in [5, 5.41) is 12.4. The molecule has 124 valence electrons. The van der Waals surface area contributed by atoms with Crippen molar-refractivity contribution in [1.82, 2.24) is 10.8 Å². The lowest BCUT2D eigenvalue weighted by molar-refractivity contribution is 0.0711. The fraction of sp³-hybridized carbons (Fsp3) is 0.176. The Morgan fingerprint density at radius 1 is 1.17 bits per heavy atom. The van der Waals surface area contributed by atoms with Crippen LogP contribution < -0.4 is 10.8 Å². The standard InChI is InChI=1S/C17H16N2O4S/c1-9-11-5-3-4-6-12(11)23-15(9)17(21)18-10(2)13-7-8-14(24-13)16(20)19-22/h3-8,10,22H,1-2H3,(H,18,21)(H,19,20). The summed E-state index contributed by atoms with van der Waals surface area (Å²) < 4.78 is 5.65. The normalized spacial score (nSPS) is 12.1. The largest absolute Gasteiger partial charge is 0.451 e. The maximum Gasteiger partial charge on any atom is 0.287 e. The number of para-hydroxylation sites is 1. The fourth-order valence-electron chi connectivity index (χ4n) is 2.49. The van der Waals surface area contributed by atoms with Crippen molar-refractivity contribution < 1.29 is 19.2 Å². The van der Waals surface area contributed by atoms with Gasteiger partial charge in [0.05, 0.1) is 10.9 Å². The fourth-order valence-corrected chi connectivity index (χ4v) is 3.39. The second-order valence-corrected chi connectivity index (χ2v) is 6.51. The van der Waals surface area contributed by atoms with Crippen LogP contribution in [0.5, 0.6) is 0 Å². The SMILES string of the molecule is Cc1c(C(=O)NC(C)c2ccc(C(=O)NO)s2)oc2ccccc12. The van der Waals surface area contributed by atoms with E-state index < -0.39 is 5.91 Å². The van der Waals surface area contributed by atoms with Gasteiger partial charge in [0.15, 0.2) is 5.76 Å². The molecule has 2 heterocycles. The third-order valence-electron chi connectivity index (χ3n) is 3.78. The van der Waals surface area contributed by atoms with Crippen molar-refractivity contribution in [3.8, 4) is 0 Å². The van der Waals surface area contributed by atoms with E-state index in [2.05, 4.69) is 5.32 Å². The summed E-state index contributed by atoms with van der Waals surface area (Å²) in [6, 6.07) is 10.5. The smallest absolute Gasteiger partial charge is 0.287 e. The first kappa shape index (κ1) is 16.2. The summed E-state index contributed by atoms with van der Waals surface area (Å²) in [5.74, 6) is -0.594. The van der Waals surface area contributed by atoms with Crippen LogP contribution in [-0.2, 0) is 0 Å². The van der Waals surface area contributed by atoms with Gasteiger partial charge in [0.2, 0.25) is 0 Å². The Bertz CT molecular complexity index is 912. The highest BCUT2D eigenvalue weighted by Gasteiger charge is 2.20. The molecule has 0 radical (unpaired) electrons. The molecule has 1 unspecified atom stereocenters. The quantitative estimate of drug-likeness (QED) is 0.499. The molecule has 0 spiro atoms. The van der Waals surface area contributed by atoms with Crippen LogP contribution in [0, 0.1) is 6.92 Å². The number of aryl methyl sites for hydroxylation is 1. The molecule has 0 aliphatic heterocycles. The van der Waals surface area contributed by atoms with Crippen LogP contribution in [0.25, 0.3) is 11.0 Å². The van der Waals surface area contributed by atoms with Gasteiger partial charge in [0.25, 0.3) is 11.8 Å². The van der Waals surface area contributed by atoms with E-state index in [0.717, 1.165) is 15.8 Å². The summed E-state index contributed by atoms with van der Waals surface area (Å²) in [7, 11) is 0. The molecule has 1 aromatic carbocycles. The number of nitrogens with one attached hydrogen (secondary N) is 2. The van der Waals surface area contributed by atoms with Crippen LogP contribution in [-0.4, -0.2) is 17.0 Å². The van der Waals surface area contributed by atoms with Gasteiger partial charge in [-0.3, -0.25) is 14.8 Å². The molecule has 0 saturated heterocycles. The number of benzene rings is 1. The number of hydrogen-bond donors (Lipinski definition) is 3. The summed E-state index contributed by atoms with van der Waals surface area (Å²) in [6.45, 7) is 3.67. The average molecular weight is 344 g/mol. The number of carbonyl (C=O) groups excluding carboxylic acids is 2. The molecule has 1 atom stereocenters. The monoisotopic (exact) mass is 344 g/mol. The second-order valence-electron chi connectivity index (χ2n) is 5.39. The van der Waals surface area contributed by atoms with Crippen LogP contribution in [0.15, 0.2) is 40.8 Å². The number of rotatable bonds is 4. The van der Waals surface area contributed by atoms with Crippen LogP contribution in [0.4, 0.5) is 0 Å². The van der Waals surface area contributed by atoms with Gasteiger partial charge in [-0.25, -0.2) is 5.48 Å². The molecule has 2 amide bonds. The first-order valence-corrected chi connectivity index (χ1v) is 8.16. The number of hydrogen-bond acceptors (Lipinski definition) is 5. The van der Waals surface area contributed by atoms with E-state index in [9.17, 15) is 9.59 Å². The molecule has 0 bridgehead atoms. The third kappa shape index (κ3) is 2.91. The molecule has 0 fully saturated rings. The van der Waals surface area contributed by atoms with E-state index in [1.165, 1.54) is 11.3 Å². The zero-order valence-corrected chi connectivity index (χ0v) is 13.9. The van der Waals surface area contributed by atoms with Gasteiger partial charge >= 0.3 is 0 Å². The summed E-state index contributed by atoms with van der Waals surface area (Å²) in [6.07, 6.45) is 0. The minimum Gasteiger partial charge on any atom is -0.451 e. The van der Waals surface area contributed by atoms with Crippen LogP contribution in [0.1, 0.15) is 43.6 Å². The average Bonchev–Trinajstić information content (AvgIpc) is 3.20. The molecular weight excluding hydrogens is 328 g/mol. The molecular formula is C17H16N2O4S. The second kappa shape index (κ2) is 6.46. The molecule has 2 aromatic heterocycles. The van der Waals surface area contributed by atoms with Crippen molar-refractivity contribution in [3.05, 3.63) is 57.5 Å². The van der Waals surface area contributed by atoms with Crippen molar-refractivity contribution in [3.63, 3.8) is 0 Å². The maximum absolute atomic E-state index is 12.5. The van der Waals surface area contributed by atoms with Gasteiger partial charge in [-0.05, 0) is 32.0 Å². The first-order chi connectivity index (χ1) is 11.5. The van der Waals surface area contributed by atoms with E-state index in [1.54, 1.807) is 17.6 Å². The predicted octanol–water partition coefficient (Wildman–Crippen LogP) is 3.41. The highest BCUT2D eigenvalue weighted by atomic mass is 32.1. The molecule has 24 heavy (non-hydrogen) atoms. The van der Waals surface area contributed by atoms with Gasteiger partial charge in [0, 0.05) is 15.8 Å². The van der Waals surface area contributed by atoms with E-state index in [-0.39, 0.29) is 17.7 Å². The summed E-state index contributed by atoms with van der Waals surface area (Å²) >= 11 is 1.20. The van der Waals surface area contributed by atoms with Gasteiger partial charge in [0.1, 0.15) is 5.58 Å². The maximum atomic E-state index is 12.5. The lowest BCUT2D eigenvalue weighted by atomic mass is 10.1. The Morgan fingerprint density at radius 2 is 1.92 bits per heavy atom. The molecule has 3 N–H and O–H groups in total. The third-order valence-corrected chi connectivity index (χ3v) is 5.04. The Balaban J connectivity index is 1.79. The Hall–Kier alpha value is -2.64. The lowest BCUT2D eigenvalue weighted by Gasteiger charge is -2.11. The van der Waals surface area contributed by atoms with Crippen molar-refractivity contribution in [2.45, 2.75) is 19.9 Å². The van der Waals surface area contributed by atoms with Crippen molar-refractivity contribution in [1.29, 1.82) is 0 Å². The molecule has 3 rings (SSSR count). The number of thiophene rings is 1. The van der Waals surface area contributed by atoms with Gasteiger partial charge in [-0.1, -0.05) is 18.2 Å². The van der Waals surface area contributed by atoms with E-state index in [4.69, 9.17) is 9.62 Å². The number of hydroxylamine groups is 1. The van der Waals surface area contributed by atoms with E-state index in [0.29, 0.717) is 10.5 Å². The molecule has 0 aliphatic carbocycles. The Labute approximate surface area is 142 Å². The number of furan rings is 1. The summed E-state index contributed by atoms with van der Waals surface area (Å²) in [4.78, 5) is 25.1. The Morgan fingerprint density at radius 3 is 2.62 bits per heavy atom. The first-order valence-electron chi connectivity index (χ1n) is 7.34. The predicted molar refractivity (Wildman–Crippen MR) is 90.4 cm³/mol. The zero-order chi connectivity index (χ0) is 17.3. The molecule has 3 aromatic rings.